The van der Waals surface area contributed by atoms with Gasteiger partial charge in [0.1, 0.15) is 10.8 Å². The van der Waals surface area contributed by atoms with E-state index in [9.17, 15) is 13.7 Å². The highest BCUT2D eigenvalue weighted by molar-refractivity contribution is 7.92. The van der Waals surface area contributed by atoms with Gasteiger partial charge in [-0.3, -0.25) is 0 Å². The Morgan fingerprint density at radius 1 is 1.28 bits per heavy atom. The van der Waals surface area contributed by atoms with Gasteiger partial charge in [0.05, 0.1) is 10.6 Å². The predicted molar refractivity (Wildman–Crippen MR) is 73.8 cm³/mol. The summed E-state index contributed by atoms with van der Waals surface area (Å²) in [5.41, 5.74) is 0.800. The normalized spacial score (nSPS) is 13.7. The molecule has 0 bridgehead atoms. The quantitative estimate of drug-likeness (QED) is 0.801. The van der Waals surface area contributed by atoms with Crippen LogP contribution >= 0.6 is 11.6 Å². The summed E-state index contributed by atoms with van der Waals surface area (Å²) in [6.45, 7) is 2.98. The van der Waals surface area contributed by atoms with Crippen molar-refractivity contribution in [1.29, 1.82) is 5.26 Å². The first-order valence-electron chi connectivity index (χ1n) is 5.27. The van der Waals surface area contributed by atoms with Crippen molar-refractivity contribution in [3.8, 4) is 6.07 Å². The van der Waals surface area contributed by atoms with E-state index in [1.165, 1.54) is 13.8 Å². The zero-order valence-corrected chi connectivity index (χ0v) is 12.0. The van der Waals surface area contributed by atoms with Crippen LogP contribution in [0.1, 0.15) is 19.4 Å². The minimum absolute atomic E-state index is 0.0405. The molecule has 0 aromatic heterocycles. The van der Waals surface area contributed by atoms with Gasteiger partial charge in [0.15, 0.2) is 9.84 Å². The van der Waals surface area contributed by atoms with Crippen LogP contribution in [-0.2, 0) is 9.84 Å². The van der Waals surface area contributed by atoms with Crippen LogP contribution in [-0.4, -0.2) is 19.4 Å². The van der Waals surface area contributed by atoms with Crippen LogP contribution in [0.4, 0.5) is 0 Å². The number of benzene rings is 1. The summed E-state index contributed by atoms with van der Waals surface area (Å²) in [6.07, 6.45) is 1.11. The third-order valence-corrected chi connectivity index (χ3v) is 5.68. The molecule has 3 nitrogen and oxygen atoms in total. The minimum atomic E-state index is -3.41. The van der Waals surface area contributed by atoms with E-state index in [0.717, 1.165) is 6.26 Å². The third kappa shape index (κ3) is 2.74. The number of allylic oxidation sites excluding steroid dienone is 1. The van der Waals surface area contributed by atoms with Gasteiger partial charge in [-0.05, 0) is 19.4 Å². The fourth-order valence-electron chi connectivity index (χ4n) is 1.31. The third-order valence-electron chi connectivity index (χ3n) is 2.85. The smallest absolute Gasteiger partial charge is 0.157 e. The molecule has 0 heterocycles. The van der Waals surface area contributed by atoms with Crippen LogP contribution in [0.2, 0.25) is 0 Å². The molecule has 0 aliphatic heterocycles. The van der Waals surface area contributed by atoms with Crippen molar-refractivity contribution < 1.29 is 8.42 Å². The molecule has 0 radical (unpaired) electrons. The second-order valence-electron chi connectivity index (χ2n) is 4.45. The van der Waals surface area contributed by atoms with E-state index in [-0.39, 0.29) is 10.6 Å². The van der Waals surface area contributed by atoms with Gasteiger partial charge in [-0.15, -0.1) is 0 Å². The number of nitriles is 1. The number of rotatable bonds is 3. The zero-order chi connectivity index (χ0) is 14.0. The fourth-order valence-corrected chi connectivity index (χ4v) is 2.31. The Morgan fingerprint density at radius 3 is 2.17 bits per heavy atom. The molecule has 1 aromatic carbocycles. The van der Waals surface area contributed by atoms with Crippen LogP contribution in [0.25, 0.3) is 5.57 Å². The summed E-state index contributed by atoms with van der Waals surface area (Å²) in [6, 6.07) is 10.8. The Hall–Kier alpha value is -1.31. The monoisotopic (exact) mass is 283 g/mol. The zero-order valence-electron chi connectivity index (χ0n) is 10.4. The lowest BCUT2D eigenvalue weighted by molar-refractivity contribution is 0.577. The fraction of sp³-hybridized carbons (Fsp3) is 0.308. The lowest BCUT2D eigenvalue weighted by Gasteiger charge is -2.23. The minimum Gasteiger partial charge on any atom is -0.228 e. The molecule has 5 heteroatoms. The molecule has 0 saturated heterocycles. The van der Waals surface area contributed by atoms with Gasteiger partial charge < -0.3 is 0 Å². The second kappa shape index (κ2) is 5.13. The van der Waals surface area contributed by atoms with Crippen LogP contribution < -0.4 is 0 Å². The van der Waals surface area contributed by atoms with E-state index >= 15 is 0 Å². The number of hydrogen-bond acceptors (Lipinski definition) is 3. The van der Waals surface area contributed by atoms with Gasteiger partial charge in [0, 0.05) is 6.26 Å². The molecule has 0 fully saturated rings. The predicted octanol–water partition coefficient (Wildman–Crippen LogP) is 2.98. The summed E-state index contributed by atoms with van der Waals surface area (Å²) in [4.78, 5) is 0. The van der Waals surface area contributed by atoms with E-state index in [2.05, 4.69) is 0 Å². The van der Waals surface area contributed by atoms with Gasteiger partial charge in [-0.1, -0.05) is 41.9 Å². The van der Waals surface area contributed by atoms with E-state index < -0.39 is 14.6 Å². The molecule has 0 unspecified atom stereocenters. The highest BCUT2D eigenvalue weighted by Crippen LogP contribution is 2.34. The summed E-state index contributed by atoms with van der Waals surface area (Å²) in [5.74, 6) is 0. The first kappa shape index (κ1) is 14.7. The van der Waals surface area contributed by atoms with E-state index in [0.29, 0.717) is 5.56 Å². The molecular formula is C13H14ClNO2S. The van der Waals surface area contributed by atoms with E-state index in [1.807, 2.05) is 12.1 Å². The molecule has 18 heavy (non-hydrogen) atoms. The first-order chi connectivity index (χ1) is 8.21. The molecule has 0 saturated carbocycles. The van der Waals surface area contributed by atoms with E-state index in [4.69, 9.17) is 11.6 Å². The highest BCUT2D eigenvalue weighted by Gasteiger charge is 2.36. The molecule has 1 aromatic rings. The molecule has 0 aliphatic rings. The highest BCUT2D eigenvalue weighted by atomic mass is 35.5. The second-order valence-corrected chi connectivity index (χ2v) is 7.39. The number of hydrogen-bond donors (Lipinski definition) is 0. The summed E-state index contributed by atoms with van der Waals surface area (Å²) >= 11 is 6.14. The Morgan fingerprint density at radius 2 is 1.78 bits per heavy atom. The van der Waals surface area contributed by atoms with Crippen LogP contribution in [0, 0.1) is 11.3 Å². The Labute approximate surface area is 113 Å². The van der Waals surface area contributed by atoms with Gasteiger partial charge >= 0.3 is 0 Å². The van der Waals surface area contributed by atoms with Crippen molar-refractivity contribution in [2.75, 3.05) is 6.26 Å². The lowest BCUT2D eigenvalue weighted by atomic mass is 10.0. The molecular weight excluding hydrogens is 270 g/mol. The standard InChI is InChI=1S/C13H14ClNO2S/c1-13(2,18(3,16)17)12(14)11(9-15)10-7-5-4-6-8-10/h4-8H,1-3H3. The van der Waals surface area contributed by atoms with Crippen molar-refractivity contribution >= 4 is 27.0 Å². The average molecular weight is 284 g/mol. The van der Waals surface area contributed by atoms with Gasteiger partial charge in [0.25, 0.3) is 0 Å². The van der Waals surface area contributed by atoms with Crippen molar-refractivity contribution in [2.24, 2.45) is 0 Å². The molecule has 0 amide bonds. The number of sulfone groups is 1. The van der Waals surface area contributed by atoms with Gasteiger partial charge in [-0.25, -0.2) is 8.42 Å². The molecule has 96 valence electrons. The van der Waals surface area contributed by atoms with Crippen molar-refractivity contribution in [3.63, 3.8) is 0 Å². The maximum Gasteiger partial charge on any atom is 0.157 e. The van der Waals surface area contributed by atoms with Crippen molar-refractivity contribution in [2.45, 2.75) is 18.6 Å². The van der Waals surface area contributed by atoms with E-state index in [1.54, 1.807) is 24.3 Å². The van der Waals surface area contributed by atoms with Gasteiger partial charge in [0.2, 0.25) is 0 Å². The largest absolute Gasteiger partial charge is 0.228 e. The Kier molecular flexibility index (Phi) is 4.20. The number of halogens is 1. The Bertz CT molecular complexity index is 610. The maximum atomic E-state index is 11.7. The first-order valence-corrected chi connectivity index (χ1v) is 7.54. The van der Waals surface area contributed by atoms with Crippen molar-refractivity contribution in [3.05, 3.63) is 40.9 Å². The lowest BCUT2D eigenvalue weighted by Crippen LogP contribution is -2.31. The molecule has 0 N–H and O–H groups in total. The molecule has 0 aliphatic carbocycles. The number of nitrogens with zero attached hydrogens (tertiary/aromatic N) is 1. The average Bonchev–Trinajstić information content (AvgIpc) is 2.29. The molecule has 0 spiro atoms. The summed E-state index contributed by atoms with van der Waals surface area (Å²) in [5, 5.41) is 9.23. The van der Waals surface area contributed by atoms with Gasteiger partial charge in [-0.2, -0.15) is 5.26 Å². The summed E-state index contributed by atoms with van der Waals surface area (Å²) in [7, 11) is -3.41. The van der Waals surface area contributed by atoms with Crippen LogP contribution in [0.5, 0.6) is 0 Å². The maximum absolute atomic E-state index is 11.7. The molecule has 1 rings (SSSR count). The van der Waals surface area contributed by atoms with Crippen LogP contribution in [0.3, 0.4) is 0 Å². The van der Waals surface area contributed by atoms with Crippen molar-refractivity contribution in [1.82, 2.24) is 0 Å². The molecule has 0 atom stereocenters. The topological polar surface area (TPSA) is 57.9 Å². The van der Waals surface area contributed by atoms with Crippen LogP contribution in [0.15, 0.2) is 35.4 Å². The Balaban J connectivity index is 3.49. The summed E-state index contributed by atoms with van der Waals surface area (Å²) < 4.78 is 22.2. The SMILES string of the molecule is CC(C)(C(Cl)=C(C#N)c1ccccc1)S(C)(=O)=O.